The van der Waals surface area contributed by atoms with E-state index in [1.165, 1.54) is 11.1 Å². The van der Waals surface area contributed by atoms with Gasteiger partial charge in [-0.25, -0.2) is 9.78 Å². The summed E-state index contributed by atoms with van der Waals surface area (Å²) in [5.41, 5.74) is 1.18. The molecule has 1 fully saturated rings. The first-order valence-corrected chi connectivity index (χ1v) is 10.9. The van der Waals surface area contributed by atoms with Crippen molar-refractivity contribution < 1.29 is 23.5 Å². The number of hydrogen-bond donors (Lipinski definition) is 0. The third-order valence-corrected chi connectivity index (χ3v) is 5.51. The SMILES string of the molecule is CN(Cc1ccc(-c2ccc(Cl)cc2)o1)C(=O)COC(=O)c1ccc(N2CCOCC2)nc1. The summed E-state index contributed by atoms with van der Waals surface area (Å²) < 4.78 is 16.3. The number of hydrogen-bond acceptors (Lipinski definition) is 7. The molecule has 4 rings (SSSR count). The van der Waals surface area contributed by atoms with E-state index in [0.29, 0.717) is 35.3 Å². The molecule has 9 heteroatoms. The lowest BCUT2D eigenvalue weighted by atomic mass is 10.2. The molecule has 0 saturated carbocycles. The third-order valence-electron chi connectivity index (χ3n) is 5.25. The zero-order valence-electron chi connectivity index (χ0n) is 18.2. The van der Waals surface area contributed by atoms with Crippen molar-refractivity contribution in [1.29, 1.82) is 0 Å². The van der Waals surface area contributed by atoms with Gasteiger partial charge < -0.3 is 23.7 Å². The number of aromatic nitrogens is 1. The first-order chi connectivity index (χ1) is 16.0. The van der Waals surface area contributed by atoms with Crippen LogP contribution in [-0.2, 0) is 20.8 Å². The lowest BCUT2D eigenvalue weighted by Crippen LogP contribution is -2.36. The number of carbonyl (C=O) groups is 2. The van der Waals surface area contributed by atoms with Crippen LogP contribution in [0.4, 0.5) is 5.82 Å². The number of nitrogens with zero attached hydrogens (tertiary/aromatic N) is 3. The summed E-state index contributed by atoms with van der Waals surface area (Å²) in [5.74, 6) is 1.14. The number of pyridine rings is 1. The molecule has 0 radical (unpaired) electrons. The molecule has 0 unspecified atom stereocenters. The molecule has 0 spiro atoms. The highest BCUT2D eigenvalue weighted by Gasteiger charge is 2.17. The van der Waals surface area contributed by atoms with Crippen molar-refractivity contribution in [3.63, 3.8) is 0 Å². The second-order valence-corrected chi connectivity index (χ2v) is 8.04. The third kappa shape index (κ3) is 5.91. The first-order valence-electron chi connectivity index (χ1n) is 10.5. The Morgan fingerprint density at radius 1 is 1.09 bits per heavy atom. The molecular weight excluding hydrogens is 446 g/mol. The minimum Gasteiger partial charge on any atom is -0.459 e. The Morgan fingerprint density at radius 3 is 2.55 bits per heavy atom. The Bertz CT molecular complexity index is 1090. The van der Waals surface area contributed by atoms with Gasteiger partial charge in [0.1, 0.15) is 17.3 Å². The van der Waals surface area contributed by atoms with Gasteiger partial charge in [0.05, 0.1) is 25.3 Å². The molecule has 3 heterocycles. The van der Waals surface area contributed by atoms with Gasteiger partial charge in [-0.2, -0.15) is 0 Å². The maximum absolute atomic E-state index is 12.4. The Balaban J connectivity index is 1.27. The lowest BCUT2D eigenvalue weighted by molar-refractivity contribution is -0.133. The van der Waals surface area contributed by atoms with Crippen molar-refractivity contribution >= 4 is 29.3 Å². The number of rotatable bonds is 7. The molecule has 0 aliphatic carbocycles. The van der Waals surface area contributed by atoms with Crippen molar-refractivity contribution in [2.45, 2.75) is 6.54 Å². The first kappa shape index (κ1) is 22.8. The minimum absolute atomic E-state index is 0.250. The van der Waals surface area contributed by atoms with Crippen LogP contribution < -0.4 is 4.90 Å². The fourth-order valence-electron chi connectivity index (χ4n) is 3.36. The molecule has 1 aliphatic heterocycles. The molecule has 0 bridgehead atoms. The largest absolute Gasteiger partial charge is 0.459 e. The number of morpholine rings is 1. The average molecular weight is 470 g/mol. The second kappa shape index (κ2) is 10.5. The molecule has 1 amide bonds. The number of anilines is 1. The van der Waals surface area contributed by atoms with E-state index in [9.17, 15) is 9.59 Å². The molecule has 2 aromatic heterocycles. The number of halogens is 1. The number of carbonyl (C=O) groups excluding carboxylic acids is 2. The average Bonchev–Trinajstić information content (AvgIpc) is 3.31. The van der Waals surface area contributed by atoms with Gasteiger partial charge >= 0.3 is 5.97 Å². The summed E-state index contributed by atoms with van der Waals surface area (Å²) in [6.07, 6.45) is 1.46. The van der Waals surface area contributed by atoms with Gasteiger partial charge in [-0.05, 0) is 48.5 Å². The van der Waals surface area contributed by atoms with Crippen LogP contribution in [0.5, 0.6) is 0 Å². The van der Waals surface area contributed by atoms with E-state index in [4.69, 9.17) is 25.5 Å². The second-order valence-electron chi connectivity index (χ2n) is 7.60. The number of furan rings is 1. The maximum Gasteiger partial charge on any atom is 0.340 e. The van der Waals surface area contributed by atoms with Gasteiger partial charge in [0.2, 0.25) is 0 Å². The van der Waals surface area contributed by atoms with Gasteiger partial charge in [0.25, 0.3) is 5.91 Å². The van der Waals surface area contributed by atoms with Crippen LogP contribution >= 0.6 is 11.6 Å². The zero-order valence-corrected chi connectivity index (χ0v) is 19.0. The molecule has 8 nitrogen and oxygen atoms in total. The van der Waals surface area contributed by atoms with Gasteiger partial charge in [0.15, 0.2) is 6.61 Å². The highest BCUT2D eigenvalue weighted by atomic mass is 35.5. The van der Waals surface area contributed by atoms with Crippen LogP contribution in [0.2, 0.25) is 5.02 Å². The number of benzene rings is 1. The van der Waals surface area contributed by atoms with E-state index in [0.717, 1.165) is 24.5 Å². The maximum atomic E-state index is 12.4. The quantitative estimate of drug-likeness (QED) is 0.488. The van der Waals surface area contributed by atoms with Gasteiger partial charge in [-0.3, -0.25) is 4.79 Å². The van der Waals surface area contributed by atoms with Crippen molar-refractivity contribution in [1.82, 2.24) is 9.88 Å². The van der Waals surface area contributed by atoms with Crippen LogP contribution in [-0.4, -0.2) is 61.7 Å². The predicted octanol–water partition coefficient (Wildman–Crippen LogP) is 3.65. The van der Waals surface area contributed by atoms with E-state index in [-0.39, 0.29) is 19.1 Å². The summed E-state index contributed by atoms with van der Waals surface area (Å²) in [5, 5.41) is 0.647. The van der Waals surface area contributed by atoms with E-state index in [1.807, 2.05) is 18.2 Å². The molecular formula is C24H24ClN3O5. The van der Waals surface area contributed by atoms with Crippen molar-refractivity contribution in [2.24, 2.45) is 0 Å². The van der Waals surface area contributed by atoms with Crippen LogP contribution in [0.1, 0.15) is 16.1 Å². The van der Waals surface area contributed by atoms with E-state index in [1.54, 1.807) is 37.4 Å². The summed E-state index contributed by atoms with van der Waals surface area (Å²) >= 11 is 5.92. The normalized spacial score (nSPS) is 13.6. The molecule has 1 saturated heterocycles. The van der Waals surface area contributed by atoms with E-state index in [2.05, 4.69) is 9.88 Å². The fraction of sp³-hybridized carbons (Fsp3) is 0.292. The molecule has 172 valence electrons. The monoisotopic (exact) mass is 469 g/mol. The van der Waals surface area contributed by atoms with E-state index >= 15 is 0 Å². The summed E-state index contributed by atoms with van der Waals surface area (Å²) in [4.78, 5) is 32.6. The topological polar surface area (TPSA) is 85.1 Å². The Hall–Kier alpha value is -3.36. The van der Waals surface area contributed by atoms with Crippen molar-refractivity contribution in [3.05, 3.63) is 71.1 Å². The van der Waals surface area contributed by atoms with Gasteiger partial charge in [0, 0.05) is 36.9 Å². The summed E-state index contributed by atoms with van der Waals surface area (Å²) in [7, 11) is 1.62. The molecule has 3 aromatic rings. The Morgan fingerprint density at radius 2 is 1.85 bits per heavy atom. The zero-order chi connectivity index (χ0) is 23.2. The number of likely N-dealkylation sites (N-methyl/N-ethyl adjacent to an activating group) is 1. The van der Waals surface area contributed by atoms with Crippen molar-refractivity contribution in [3.8, 4) is 11.3 Å². The van der Waals surface area contributed by atoms with Crippen molar-refractivity contribution in [2.75, 3.05) is 44.9 Å². The van der Waals surface area contributed by atoms with Crippen LogP contribution in [0.3, 0.4) is 0 Å². The standard InChI is InChI=1S/C24H24ClN3O5/c1-27(15-20-7-8-21(33-20)17-2-5-19(25)6-3-17)23(29)16-32-24(30)18-4-9-22(26-14-18)28-10-12-31-13-11-28/h2-9,14H,10-13,15-16H2,1H3. The Kier molecular flexibility index (Phi) is 7.26. The van der Waals surface area contributed by atoms with E-state index < -0.39 is 5.97 Å². The number of esters is 1. The minimum atomic E-state index is -0.596. The number of ether oxygens (including phenoxy) is 2. The predicted molar refractivity (Wildman–Crippen MR) is 123 cm³/mol. The molecule has 1 aliphatic rings. The van der Waals surface area contributed by atoms with Crippen LogP contribution in [0, 0.1) is 0 Å². The molecule has 33 heavy (non-hydrogen) atoms. The fourth-order valence-corrected chi connectivity index (χ4v) is 3.49. The van der Waals surface area contributed by atoms with Gasteiger partial charge in [-0.1, -0.05) is 11.6 Å². The number of amides is 1. The smallest absolute Gasteiger partial charge is 0.340 e. The lowest BCUT2D eigenvalue weighted by Gasteiger charge is -2.27. The summed E-state index contributed by atoms with van der Waals surface area (Å²) in [6, 6.07) is 14.4. The van der Waals surface area contributed by atoms with Gasteiger partial charge in [-0.15, -0.1) is 0 Å². The highest BCUT2D eigenvalue weighted by Crippen LogP contribution is 2.24. The molecule has 1 aromatic carbocycles. The molecule has 0 atom stereocenters. The highest BCUT2D eigenvalue weighted by molar-refractivity contribution is 6.30. The Labute approximate surface area is 196 Å². The van der Waals surface area contributed by atoms with Crippen LogP contribution in [0.25, 0.3) is 11.3 Å². The van der Waals surface area contributed by atoms with Crippen LogP contribution in [0.15, 0.2) is 59.1 Å². The summed E-state index contributed by atoms with van der Waals surface area (Å²) in [6.45, 7) is 2.71. The molecule has 0 N–H and O–H groups in total.